The van der Waals surface area contributed by atoms with Crippen molar-refractivity contribution >= 4 is 17.6 Å². The van der Waals surface area contributed by atoms with Gasteiger partial charge in [-0.3, -0.25) is 14.4 Å². The summed E-state index contributed by atoms with van der Waals surface area (Å²) in [5.41, 5.74) is 0.917. The number of amides is 2. The molecule has 2 aromatic rings. The standard InChI is InChI=1S/C20H20N2O5/c23-15-12-27-16-8-9-22(18(15)16)20(25)14(11-13-5-2-1-3-6-13)21-19(24)17-7-4-10-26-17/h1-7,10,14,16,18H,8-9,11-12H2,(H,21,24). The molecule has 140 valence electrons. The van der Waals surface area contributed by atoms with Crippen LogP contribution in [-0.4, -0.2) is 53.8 Å². The van der Waals surface area contributed by atoms with Crippen molar-refractivity contribution in [3.05, 3.63) is 60.1 Å². The fourth-order valence-corrected chi connectivity index (χ4v) is 3.73. The van der Waals surface area contributed by atoms with Crippen LogP contribution in [0.5, 0.6) is 0 Å². The predicted octanol–water partition coefficient (Wildman–Crippen LogP) is 1.19. The van der Waals surface area contributed by atoms with Gasteiger partial charge in [-0.15, -0.1) is 0 Å². The lowest BCUT2D eigenvalue weighted by atomic mass is 10.0. The van der Waals surface area contributed by atoms with E-state index in [-0.39, 0.29) is 30.2 Å². The Balaban J connectivity index is 1.55. The number of rotatable bonds is 5. The molecular weight excluding hydrogens is 348 g/mol. The minimum atomic E-state index is -0.794. The van der Waals surface area contributed by atoms with Crippen molar-refractivity contribution in [3.63, 3.8) is 0 Å². The Morgan fingerprint density at radius 2 is 2.00 bits per heavy atom. The Hall–Kier alpha value is -2.93. The van der Waals surface area contributed by atoms with E-state index in [1.165, 1.54) is 6.26 Å². The Morgan fingerprint density at radius 3 is 2.74 bits per heavy atom. The number of furan rings is 1. The molecule has 2 aliphatic rings. The Labute approximate surface area is 156 Å². The van der Waals surface area contributed by atoms with Crippen LogP contribution in [0.2, 0.25) is 0 Å². The lowest BCUT2D eigenvalue weighted by Crippen LogP contribution is -2.53. The molecule has 0 saturated carbocycles. The van der Waals surface area contributed by atoms with Gasteiger partial charge in [-0.2, -0.15) is 0 Å². The largest absolute Gasteiger partial charge is 0.459 e. The van der Waals surface area contributed by atoms with Gasteiger partial charge in [-0.1, -0.05) is 30.3 Å². The molecule has 7 heteroatoms. The summed E-state index contributed by atoms with van der Waals surface area (Å²) in [7, 11) is 0. The topological polar surface area (TPSA) is 88.9 Å². The quantitative estimate of drug-likeness (QED) is 0.856. The van der Waals surface area contributed by atoms with Crippen LogP contribution in [0, 0.1) is 0 Å². The van der Waals surface area contributed by atoms with E-state index in [0.29, 0.717) is 19.4 Å². The van der Waals surface area contributed by atoms with Gasteiger partial charge in [0.25, 0.3) is 5.91 Å². The second-order valence-corrected chi connectivity index (χ2v) is 6.77. The molecule has 7 nitrogen and oxygen atoms in total. The molecule has 1 N–H and O–H groups in total. The first-order chi connectivity index (χ1) is 13.1. The van der Waals surface area contributed by atoms with Crippen molar-refractivity contribution < 1.29 is 23.5 Å². The van der Waals surface area contributed by atoms with Crippen LogP contribution in [0.25, 0.3) is 0 Å². The number of hydrogen-bond acceptors (Lipinski definition) is 5. The molecule has 27 heavy (non-hydrogen) atoms. The number of hydrogen-bond donors (Lipinski definition) is 1. The van der Waals surface area contributed by atoms with Crippen LogP contribution in [0.4, 0.5) is 0 Å². The van der Waals surface area contributed by atoms with E-state index in [1.54, 1.807) is 17.0 Å². The van der Waals surface area contributed by atoms with Crippen molar-refractivity contribution in [2.24, 2.45) is 0 Å². The molecule has 2 aliphatic heterocycles. The molecule has 3 atom stereocenters. The second kappa shape index (κ2) is 7.36. The first-order valence-electron chi connectivity index (χ1n) is 8.96. The Bertz CT molecular complexity index is 833. The van der Waals surface area contributed by atoms with Crippen molar-refractivity contribution in [2.45, 2.75) is 31.0 Å². The maximum Gasteiger partial charge on any atom is 0.287 e. The third kappa shape index (κ3) is 3.50. The minimum Gasteiger partial charge on any atom is -0.459 e. The van der Waals surface area contributed by atoms with Gasteiger partial charge in [-0.25, -0.2) is 0 Å². The summed E-state index contributed by atoms with van der Waals surface area (Å²) in [6.45, 7) is 0.489. The summed E-state index contributed by atoms with van der Waals surface area (Å²) in [6.07, 6.45) is 2.13. The number of Topliss-reactive ketones (excluding diaryl/α,β-unsaturated/α-hetero) is 1. The monoisotopic (exact) mass is 368 g/mol. The second-order valence-electron chi connectivity index (χ2n) is 6.77. The highest BCUT2D eigenvalue weighted by molar-refractivity contribution is 5.98. The average Bonchev–Trinajstić information content (AvgIpc) is 3.41. The number of nitrogens with zero attached hydrogens (tertiary/aromatic N) is 1. The third-order valence-corrected chi connectivity index (χ3v) is 5.03. The van der Waals surface area contributed by atoms with Gasteiger partial charge in [0.1, 0.15) is 18.7 Å². The van der Waals surface area contributed by atoms with E-state index in [0.717, 1.165) is 5.56 Å². The zero-order chi connectivity index (χ0) is 18.8. The third-order valence-electron chi connectivity index (χ3n) is 5.03. The van der Waals surface area contributed by atoms with Crippen LogP contribution < -0.4 is 5.32 Å². The molecule has 0 aliphatic carbocycles. The van der Waals surface area contributed by atoms with Gasteiger partial charge in [0.15, 0.2) is 11.5 Å². The zero-order valence-electron chi connectivity index (χ0n) is 14.7. The number of ketones is 1. The summed E-state index contributed by atoms with van der Waals surface area (Å²) >= 11 is 0. The van der Waals surface area contributed by atoms with E-state index in [1.807, 2.05) is 30.3 Å². The summed E-state index contributed by atoms with van der Waals surface area (Å²) in [6, 6.07) is 11.3. The SMILES string of the molecule is O=C(NC(Cc1ccccc1)C(=O)N1CCC2OCC(=O)C21)c1ccco1. The molecule has 2 amide bonds. The minimum absolute atomic E-state index is 0.0429. The number of fused-ring (bicyclic) bond motifs is 1. The van der Waals surface area contributed by atoms with Gasteiger partial charge < -0.3 is 19.4 Å². The lowest BCUT2D eigenvalue weighted by molar-refractivity contribution is -0.138. The van der Waals surface area contributed by atoms with Crippen LogP contribution in [-0.2, 0) is 20.7 Å². The highest BCUT2D eigenvalue weighted by atomic mass is 16.5. The number of likely N-dealkylation sites (tertiary alicyclic amines) is 1. The van der Waals surface area contributed by atoms with E-state index < -0.39 is 18.0 Å². The molecule has 0 radical (unpaired) electrons. The van der Waals surface area contributed by atoms with Crippen LogP contribution in [0.15, 0.2) is 53.1 Å². The van der Waals surface area contributed by atoms with Gasteiger partial charge in [-0.05, 0) is 24.1 Å². The summed E-state index contributed by atoms with van der Waals surface area (Å²) < 4.78 is 10.6. The van der Waals surface area contributed by atoms with Gasteiger partial charge in [0.05, 0.1) is 12.4 Å². The zero-order valence-corrected chi connectivity index (χ0v) is 14.7. The molecule has 3 heterocycles. The van der Waals surface area contributed by atoms with Crippen LogP contribution >= 0.6 is 0 Å². The smallest absolute Gasteiger partial charge is 0.287 e. The summed E-state index contributed by atoms with van der Waals surface area (Å²) in [5.74, 6) is -0.675. The molecule has 1 aromatic carbocycles. The van der Waals surface area contributed by atoms with E-state index >= 15 is 0 Å². The Kier molecular flexibility index (Phi) is 4.77. The first-order valence-corrected chi connectivity index (χ1v) is 8.96. The summed E-state index contributed by atoms with van der Waals surface area (Å²) in [5, 5.41) is 2.76. The van der Waals surface area contributed by atoms with Crippen LogP contribution in [0.3, 0.4) is 0 Å². The Morgan fingerprint density at radius 1 is 1.19 bits per heavy atom. The van der Waals surface area contributed by atoms with Gasteiger partial charge >= 0.3 is 0 Å². The normalized spacial score (nSPS) is 22.5. The van der Waals surface area contributed by atoms with Crippen molar-refractivity contribution in [1.29, 1.82) is 0 Å². The van der Waals surface area contributed by atoms with Gasteiger partial charge in [0.2, 0.25) is 5.91 Å². The molecular formula is C20H20N2O5. The number of nitrogens with one attached hydrogen (secondary N) is 1. The molecule has 0 bridgehead atoms. The molecule has 1 aromatic heterocycles. The van der Waals surface area contributed by atoms with E-state index in [9.17, 15) is 14.4 Å². The number of ether oxygens (including phenoxy) is 1. The first kappa shape index (κ1) is 17.5. The maximum atomic E-state index is 13.2. The predicted molar refractivity (Wildman–Crippen MR) is 95.0 cm³/mol. The lowest BCUT2D eigenvalue weighted by Gasteiger charge is -2.27. The molecule has 2 saturated heterocycles. The average molecular weight is 368 g/mol. The van der Waals surface area contributed by atoms with Gasteiger partial charge in [0, 0.05) is 13.0 Å². The highest BCUT2D eigenvalue weighted by Gasteiger charge is 2.48. The molecule has 4 rings (SSSR count). The van der Waals surface area contributed by atoms with Crippen molar-refractivity contribution in [1.82, 2.24) is 10.2 Å². The number of carbonyl (C=O) groups excluding carboxylic acids is 3. The fourth-order valence-electron chi connectivity index (χ4n) is 3.73. The summed E-state index contributed by atoms with van der Waals surface area (Å²) in [4.78, 5) is 39.4. The number of carbonyl (C=O) groups is 3. The molecule has 3 unspecified atom stereocenters. The van der Waals surface area contributed by atoms with Crippen molar-refractivity contribution in [3.8, 4) is 0 Å². The van der Waals surface area contributed by atoms with E-state index in [4.69, 9.17) is 9.15 Å². The number of benzene rings is 1. The van der Waals surface area contributed by atoms with E-state index in [2.05, 4.69) is 5.32 Å². The maximum absolute atomic E-state index is 13.2. The molecule has 0 spiro atoms. The fraction of sp³-hybridized carbons (Fsp3) is 0.350. The highest BCUT2D eigenvalue weighted by Crippen LogP contribution is 2.28. The van der Waals surface area contributed by atoms with Crippen LogP contribution in [0.1, 0.15) is 22.5 Å². The van der Waals surface area contributed by atoms with Crippen molar-refractivity contribution in [2.75, 3.05) is 13.2 Å². The molecule has 2 fully saturated rings.